The number of hydrogen-bond donors (Lipinski definition) is 0. The van der Waals surface area contributed by atoms with Crippen LogP contribution in [0, 0.1) is 30.6 Å². The van der Waals surface area contributed by atoms with E-state index in [1.807, 2.05) is 6.92 Å². The molecule has 156 valence electrons. The summed E-state index contributed by atoms with van der Waals surface area (Å²) < 4.78 is 0. The Kier molecular flexibility index (Phi) is 4.51. The van der Waals surface area contributed by atoms with Crippen LogP contribution in [0.1, 0.15) is 56.9 Å². The molecular weight excluding hydrogens is 392 g/mol. The Morgan fingerprint density at radius 2 is 1.60 bits per heavy atom. The second kappa shape index (κ2) is 6.88. The number of allylic oxidation sites excluding steroid dienone is 2. The monoisotopic (exact) mass is 420 g/mol. The highest BCUT2D eigenvalue weighted by Gasteiger charge is 2.64. The lowest BCUT2D eigenvalue weighted by Gasteiger charge is -2.18. The zero-order chi connectivity index (χ0) is 21.3. The van der Waals surface area contributed by atoms with E-state index in [-0.39, 0.29) is 35.5 Å². The quantitative estimate of drug-likeness (QED) is 0.471. The van der Waals surface area contributed by atoms with Crippen LogP contribution in [0.25, 0.3) is 11.3 Å². The van der Waals surface area contributed by atoms with Gasteiger partial charge in [-0.3, -0.25) is 9.59 Å². The number of amides is 2. The molecule has 30 heavy (non-hydrogen) atoms. The first-order chi connectivity index (χ1) is 14.3. The largest absolute Gasteiger partial charge is 0.274 e. The van der Waals surface area contributed by atoms with Gasteiger partial charge in [-0.15, -0.1) is 11.3 Å². The Labute approximate surface area is 182 Å². The van der Waals surface area contributed by atoms with Crippen LogP contribution in [0.4, 0.5) is 5.13 Å². The zero-order valence-electron chi connectivity index (χ0n) is 18.2. The summed E-state index contributed by atoms with van der Waals surface area (Å²) in [7, 11) is 0. The van der Waals surface area contributed by atoms with Crippen molar-refractivity contribution in [3.63, 3.8) is 0 Å². The lowest BCUT2D eigenvalue weighted by molar-refractivity contribution is -0.123. The highest BCUT2D eigenvalue weighted by atomic mass is 32.1. The number of fused-ring (bicyclic) bond motifs is 5. The smallest absolute Gasteiger partial charge is 0.240 e. The van der Waals surface area contributed by atoms with Gasteiger partial charge in [0.05, 0.1) is 17.5 Å². The summed E-state index contributed by atoms with van der Waals surface area (Å²) in [6.45, 7) is 10.6. The van der Waals surface area contributed by atoms with Gasteiger partial charge in [0.25, 0.3) is 0 Å². The van der Waals surface area contributed by atoms with Crippen molar-refractivity contribution in [3.8, 4) is 11.3 Å². The summed E-state index contributed by atoms with van der Waals surface area (Å²) in [5.41, 5.74) is 5.87. The van der Waals surface area contributed by atoms with Crippen molar-refractivity contribution in [2.75, 3.05) is 4.90 Å². The van der Waals surface area contributed by atoms with E-state index < -0.39 is 0 Å². The molecule has 2 amide bonds. The van der Waals surface area contributed by atoms with Gasteiger partial charge in [-0.1, -0.05) is 49.3 Å². The minimum atomic E-state index is -0.181. The van der Waals surface area contributed by atoms with E-state index in [4.69, 9.17) is 4.98 Å². The van der Waals surface area contributed by atoms with Crippen molar-refractivity contribution in [2.24, 2.45) is 23.7 Å². The number of aryl methyl sites for hydroxylation is 1. The Morgan fingerprint density at radius 1 is 1.03 bits per heavy atom. The molecule has 5 rings (SSSR count). The van der Waals surface area contributed by atoms with Gasteiger partial charge < -0.3 is 0 Å². The summed E-state index contributed by atoms with van der Waals surface area (Å²) in [6.07, 6.45) is 2.06. The number of benzene rings is 1. The SMILES string of the molecule is CC(C)=C1[C@@H]2CC[C@@H]1[C@H]1C(=O)N(c3nc(-c4ccc(C(C)C)cc4)c(C)s3)C(=O)[C@H]12. The normalized spacial score (nSPS) is 27.5. The van der Waals surface area contributed by atoms with E-state index in [9.17, 15) is 9.59 Å². The van der Waals surface area contributed by atoms with Crippen LogP contribution >= 0.6 is 11.3 Å². The summed E-state index contributed by atoms with van der Waals surface area (Å²) >= 11 is 1.45. The number of anilines is 1. The minimum absolute atomic E-state index is 0.0357. The van der Waals surface area contributed by atoms with E-state index in [0.717, 1.165) is 29.0 Å². The van der Waals surface area contributed by atoms with Crippen molar-refractivity contribution in [2.45, 2.75) is 53.4 Å². The van der Waals surface area contributed by atoms with E-state index in [1.54, 1.807) is 0 Å². The highest BCUT2D eigenvalue weighted by Crippen LogP contribution is 2.60. The van der Waals surface area contributed by atoms with Gasteiger partial charge in [0.2, 0.25) is 11.8 Å². The number of carbonyl (C=O) groups is 2. The van der Waals surface area contributed by atoms with Crippen molar-refractivity contribution < 1.29 is 9.59 Å². The number of thiazole rings is 1. The number of rotatable bonds is 3. The van der Waals surface area contributed by atoms with Crippen LogP contribution in [-0.2, 0) is 9.59 Å². The molecule has 2 aromatic rings. The van der Waals surface area contributed by atoms with Gasteiger partial charge in [0.1, 0.15) is 0 Å². The third kappa shape index (κ3) is 2.67. The number of hydrogen-bond acceptors (Lipinski definition) is 4. The first-order valence-electron chi connectivity index (χ1n) is 10.9. The average molecular weight is 421 g/mol. The van der Waals surface area contributed by atoms with Crippen molar-refractivity contribution in [1.29, 1.82) is 0 Å². The molecule has 2 heterocycles. The summed E-state index contributed by atoms with van der Waals surface area (Å²) in [6, 6.07) is 8.44. The molecule has 0 unspecified atom stereocenters. The number of aromatic nitrogens is 1. The van der Waals surface area contributed by atoms with Crippen LogP contribution in [0.5, 0.6) is 0 Å². The Balaban J connectivity index is 1.48. The summed E-state index contributed by atoms with van der Waals surface area (Å²) in [4.78, 5) is 34.0. The molecular formula is C25H28N2O2S. The maximum absolute atomic E-state index is 13.4. The van der Waals surface area contributed by atoms with Crippen LogP contribution in [0.2, 0.25) is 0 Å². The third-order valence-corrected chi connectivity index (χ3v) is 8.21. The molecule has 1 aromatic carbocycles. The molecule has 1 aromatic heterocycles. The molecule has 4 atom stereocenters. The van der Waals surface area contributed by atoms with Gasteiger partial charge in [-0.05, 0) is 56.9 Å². The summed E-state index contributed by atoms with van der Waals surface area (Å²) in [5, 5.41) is 0.540. The number of nitrogens with zero attached hydrogens (tertiary/aromatic N) is 2. The second-order valence-electron chi connectivity index (χ2n) is 9.49. The number of carbonyl (C=O) groups excluding carboxylic acids is 2. The number of imide groups is 1. The fourth-order valence-electron chi connectivity index (χ4n) is 5.95. The van der Waals surface area contributed by atoms with Gasteiger partial charge >= 0.3 is 0 Å². The predicted octanol–water partition coefficient (Wildman–Crippen LogP) is 5.72. The fourth-order valence-corrected chi connectivity index (χ4v) is 6.89. The van der Waals surface area contributed by atoms with E-state index >= 15 is 0 Å². The molecule has 2 aliphatic carbocycles. The Bertz CT molecular complexity index is 1040. The average Bonchev–Trinajstić information content (AvgIpc) is 3.43. The molecule has 1 aliphatic heterocycles. The molecule has 1 saturated heterocycles. The first-order valence-corrected chi connectivity index (χ1v) is 11.7. The van der Waals surface area contributed by atoms with E-state index in [1.165, 1.54) is 32.9 Å². The van der Waals surface area contributed by atoms with Gasteiger partial charge in [0, 0.05) is 10.4 Å². The summed E-state index contributed by atoms with van der Waals surface area (Å²) in [5.74, 6) is 0.536. The molecule has 3 fully saturated rings. The van der Waals surface area contributed by atoms with Crippen molar-refractivity contribution >= 4 is 28.3 Å². The Hall–Kier alpha value is -2.27. The lowest BCUT2D eigenvalue weighted by atomic mass is 9.81. The lowest BCUT2D eigenvalue weighted by Crippen LogP contribution is -2.33. The molecule has 5 heteroatoms. The van der Waals surface area contributed by atoms with Gasteiger partial charge in [-0.2, -0.15) is 0 Å². The van der Waals surface area contributed by atoms with E-state index in [2.05, 4.69) is 52.0 Å². The van der Waals surface area contributed by atoms with Crippen molar-refractivity contribution in [3.05, 3.63) is 45.9 Å². The first kappa shape index (κ1) is 19.7. The van der Waals surface area contributed by atoms with Crippen molar-refractivity contribution in [1.82, 2.24) is 4.98 Å². The zero-order valence-corrected chi connectivity index (χ0v) is 19.0. The minimum Gasteiger partial charge on any atom is -0.274 e. The van der Waals surface area contributed by atoms with Crippen LogP contribution in [-0.4, -0.2) is 16.8 Å². The van der Waals surface area contributed by atoms with Crippen LogP contribution in [0.3, 0.4) is 0 Å². The van der Waals surface area contributed by atoms with Gasteiger partial charge in [0.15, 0.2) is 5.13 Å². The van der Waals surface area contributed by atoms with Crippen LogP contribution < -0.4 is 4.90 Å². The molecule has 0 N–H and O–H groups in total. The molecule has 0 radical (unpaired) electrons. The molecule has 4 nitrogen and oxygen atoms in total. The molecule has 2 bridgehead atoms. The van der Waals surface area contributed by atoms with E-state index in [0.29, 0.717) is 11.0 Å². The Morgan fingerprint density at radius 3 is 2.10 bits per heavy atom. The molecule has 3 aliphatic rings. The topological polar surface area (TPSA) is 50.3 Å². The maximum atomic E-state index is 13.4. The standard InChI is InChI=1S/C25H28N2O2S/c1-12(2)15-6-8-16(9-7-15)22-14(5)30-25(26-22)27-23(28)20-17-10-11-18(19(17)13(3)4)21(20)24(27)29/h6-9,12,17-18,20-21H,10-11H2,1-5H3/t17-,18-,20-,21+/m0/s1. The van der Waals surface area contributed by atoms with Crippen LogP contribution in [0.15, 0.2) is 35.4 Å². The molecule has 0 spiro atoms. The third-order valence-electron chi connectivity index (χ3n) is 7.26. The highest BCUT2D eigenvalue weighted by molar-refractivity contribution is 7.16. The molecule has 2 saturated carbocycles. The predicted molar refractivity (Wildman–Crippen MR) is 120 cm³/mol. The fraction of sp³-hybridized carbons (Fsp3) is 0.480. The van der Waals surface area contributed by atoms with Gasteiger partial charge in [-0.25, -0.2) is 9.88 Å². The maximum Gasteiger partial charge on any atom is 0.240 e. The second-order valence-corrected chi connectivity index (χ2v) is 10.7.